The van der Waals surface area contributed by atoms with Gasteiger partial charge < -0.3 is 23.8 Å². The molecule has 180 valence electrons. The lowest BCUT2D eigenvalue weighted by Gasteiger charge is -2.26. The number of halogens is 4. The monoisotopic (exact) mass is 539 g/mol. The number of hydrogen-bond donors (Lipinski definition) is 0. The van der Waals surface area contributed by atoms with Crippen molar-refractivity contribution in [2.45, 2.75) is 23.3 Å². The number of carbonyl (C=O) groups is 2. The maximum atomic E-state index is 14.7. The van der Waals surface area contributed by atoms with Crippen molar-refractivity contribution < 1.29 is 50.4 Å². The van der Waals surface area contributed by atoms with Crippen LogP contribution in [0.5, 0.6) is 0 Å². The van der Waals surface area contributed by atoms with Gasteiger partial charge in [-0.1, -0.05) is 40.0 Å². The lowest BCUT2D eigenvalue weighted by atomic mass is 10.1. The Morgan fingerprint density at radius 1 is 1.06 bits per heavy atom. The number of alkyl halides is 1. The molecule has 0 radical (unpaired) electrons. The Kier molecular flexibility index (Phi) is 11.2. The van der Waals surface area contributed by atoms with E-state index in [1.54, 1.807) is 0 Å². The Morgan fingerprint density at radius 2 is 1.66 bits per heavy atom. The van der Waals surface area contributed by atoms with Crippen molar-refractivity contribution in [2.75, 3.05) is 27.9 Å². The van der Waals surface area contributed by atoms with Crippen LogP contribution in [0.25, 0.3) is 0 Å². The van der Waals surface area contributed by atoms with Crippen molar-refractivity contribution in [3.8, 4) is 0 Å². The fourth-order valence-corrected chi connectivity index (χ4v) is 4.06. The van der Waals surface area contributed by atoms with Gasteiger partial charge in [0, 0.05) is 0 Å². The van der Waals surface area contributed by atoms with Crippen LogP contribution in [0.2, 0.25) is 15.1 Å². The number of methoxy groups -OCH3 is 2. The van der Waals surface area contributed by atoms with Crippen molar-refractivity contribution in [1.82, 2.24) is 0 Å². The zero-order valence-electron chi connectivity index (χ0n) is 16.6. The first-order valence-corrected chi connectivity index (χ1v) is 10.7. The molecule has 0 bridgehead atoms. The molecule has 3 atom stereocenters. The molecule has 0 unspecified atom stereocenters. The van der Waals surface area contributed by atoms with Crippen LogP contribution in [0.15, 0.2) is 22.2 Å². The minimum absolute atomic E-state index is 0.0484. The maximum Gasteiger partial charge on any atom is 0.508 e. The Hall–Kier alpha value is -2.06. The molecular formula is C16H17Cl3FNO10S. The summed E-state index contributed by atoms with van der Waals surface area (Å²) in [6.45, 7) is -0.951. The Balaban J connectivity index is 3.40. The van der Waals surface area contributed by atoms with Crippen LogP contribution in [-0.2, 0) is 38.1 Å². The summed E-state index contributed by atoms with van der Waals surface area (Å²) < 4.78 is 63.3. The molecule has 1 rings (SSSR count). The maximum absolute atomic E-state index is 14.7. The highest BCUT2D eigenvalue weighted by molar-refractivity contribution is 7.87. The third-order valence-corrected chi connectivity index (χ3v) is 5.94. The Bertz CT molecular complexity index is 946. The standard InChI is InChI=1S/C16H17Cl3FNO10S/c1-26-15(22)29-7-12(14(30-16(23)27-2)11(20)6-21-28-3)31-32(24,25)13-5-9(18)8(17)4-10(13)19/h4-6,11-12,14H,7H2,1-3H3/b21-6-/t11-,12-,14+/m1/s1. The molecule has 0 aliphatic heterocycles. The second kappa shape index (κ2) is 12.8. The van der Waals surface area contributed by atoms with E-state index < -0.39 is 52.3 Å². The number of rotatable bonds is 10. The smallest absolute Gasteiger partial charge is 0.438 e. The quantitative estimate of drug-likeness (QED) is 0.142. The van der Waals surface area contributed by atoms with E-state index >= 15 is 0 Å². The molecule has 1 aromatic carbocycles. The van der Waals surface area contributed by atoms with Crippen LogP contribution in [-0.4, -0.2) is 73.3 Å². The van der Waals surface area contributed by atoms with Crippen LogP contribution in [0.4, 0.5) is 14.0 Å². The van der Waals surface area contributed by atoms with Gasteiger partial charge >= 0.3 is 12.3 Å². The summed E-state index contributed by atoms with van der Waals surface area (Å²) in [6.07, 6.45) is -8.45. The normalized spacial score (nSPS) is 14.3. The molecule has 0 saturated heterocycles. The van der Waals surface area contributed by atoms with Gasteiger partial charge in [0.05, 0.1) is 35.5 Å². The van der Waals surface area contributed by atoms with E-state index in [1.807, 2.05) is 0 Å². The predicted octanol–water partition coefficient (Wildman–Crippen LogP) is 3.63. The SMILES string of the molecule is CO/N=C\[C@@H](F)[C@H](OC(=O)OC)[C@@H](COC(=O)OC)OS(=O)(=O)c1cc(Cl)c(Cl)cc1Cl. The first-order valence-electron chi connectivity index (χ1n) is 8.20. The molecule has 0 aromatic heterocycles. The molecule has 0 spiro atoms. The second-order valence-corrected chi connectivity index (χ2v) is 8.23. The van der Waals surface area contributed by atoms with E-state index in [0.717, 1.165) is 33.5 Å². The molecule has 0 N–H and O–H groups in total. The number of hydrogen-bond acceptors (Lipinski definition) is 11. The fraction of sp³-hybridized carbons (Fsp3) is 0.438. The number of carbonyl (C=O) groups excluding carboxylic acids is 2. The van der Waals surface area contributed by atoms with E-state index in [2.05, 4.69) is 24.2 Å². The first kappa shape index (κ1) is 28.0. The van der Waals surface area contributed by atoms with Gasteiger partial charge in [-0.3, -0.25) is 4.18 Å². The first-order chi connectivity index (χ1) is 15.0. The van der Waals surface area contributed by atoms with Crippen LogP contribution >= 0.6 is 34.8 Å². The van der Waals surface area contributed by atoms with E-state index in [0.29, 0.717) is 6.21 Å². The summed E-state index contributed by atoms with van der Waals surface area (Å²) in [6, 6.07) is 1.92. The van der Waals surface area contributed by atoms with Gasteiger partial charge in [0.25, 0.3) is 10.1 Å². The summed E-state index contributed by atoms with van der Waals surface area (Å²) in [5.74, 6) is 0. The number of oxime groups is 1. The zero-order valence-corrected chi connectivity index (χ0v) is 19.7. The lowest BCUT2D eigenvalue weighted by Crippen LogP contribution is -2.45. The third kappa shape index (κ3) is 8.13. The molecule has 32 heavy (non-hydrogen) atoms. The summed E-state index contributed by atoms with van der Waals surface area (Å²) in [7, 11) is -1.82. The summed E-state index contributed by atoms with van der Waals surface area (Å²) >= 11 is 17.5. The molecule has 0 aliphatic carbocycles. The van der Waals surface area contributed by atoms with Crippen molar-refractivity contribution in [3.05, 3.63) is 27.2 Å². The average Bonchev–Trinajstić information content (AvgIpc) is 2.74. The zero-order chi connectivity index (χ0) is 24.5. The van der Waals surface area contributed by atoms with Crippen LogP contribution in [0.1, 0.15) is 0 Å². The highest BCUT2D eigenvalue weighted by Gasteiger charge is 2.39. The lowest BCUT2D eigenvalue weighted by molar-refractivity contribution is -0.0576. The summed E-state index contributed by atoms with van der Waals surface area (Å²) in [5.41, 5.74) is 0. The second-order valence-electron chi connectivity index (χ2n) is 5.47. The minimum atomic E-state index is -4.81. The van der Waals surface area contributed by atoms with Gasteiger partial charge in [-0.15, -0.1) is 0 Å². The van der Waals surface area contributed by atoms with Crippen molar-refractivity contribution in [2.24, 2.45) is 5.16 Å². The summed E-state index contributed by atoms with van der Waals surface area (Å²) in [4.78, 5) is 26.7. The Morgan fingerprint density at radius 3 is 2.22 bits per heavy atom. The highest BCUT2D eigenvalue weighted by atomic mass is 35.5. The number of benzene rings is 1. The largest absolute Gasteiger partial charge is 0.508 e. The van der Waals surface area contributed by atoms with Gasteiger partial charge in [-0.25, -0.2) is 14.0 Å². The van der Waals surface area contributed by atoms with Crippen molar-refractivity contribution >= 4 is 63.4 Å². The molecule has 16 heteroatoms. The van der Waals surface area contributed by atoms with E-state index in [9.17, 15) is 22.4 Å². The Labute approximate surface area is 197 Å². The van der Waals surface area contributed by atoms with Crippen LogP contribution in [0.3, 0.4) is 0 Å². The fourth-order valence-electron chi connectivity index (χ4n) is 2.01. The van der Waals surface area contributed by atoms with Crippen molar-refractivity contribution in [3.63, 3.8) is 0 Å². The van der Waals surface area contributed by atoms with Gasteiger partial charge in [-0.05, 0) is 12.1 Å². The summed E-state index contributed by atoms with van der Waals surface area (Å²) in [5, 5.41) is 2.58. The molecular weight excluding hydrogens is 524 g/mol. The van der Waals surface area contributed by atoms with Gasteiger partial charge in [-0.2, -0.15) is 8.42 Å². The van der Waals surface area contributed by atoms with E-state index in [1.165, 1.54) is 0 Å². The van der Waals surface area contributed by atoms with Crippen molar-refractivity contribution in [1.29, 1.82) is 0 Å². The van der Waals surface area contributed by atoms with Crippen LogP contribution < -0.4 is 0 Å². The average molecular weight is 541 g/mol. The molecule has 0 saturated carbocycles. The predicted molar refractivity (Wildman–Crippen MR) is 110 cm³/mol. The van der Waals surface area contributed by atoms with Gasteiger partial charge in [0.2, 0.25) is 0 Å². The topological polar surface area (TPSA) is 136 Å². The number of nitrogens with zero attached hydrogens (tertiary/aromatic N) is 1. The minimum Gasteiger partial charge on any atom is -0.438 e. The van der Waals surface area contributed by atoms with E-state index in [-0.39, 0.29) is 15.1 Å². The highest BCUT2D eigenvalue weighted by Crippen LogP contribution is 2.33. The van der Waals surface area contributed by atoms with Gasteiger partial charge in [0.1, 0.15) is 18.6 Å². The molecule has 0 fully saturated rings. The molecule has 0 amide bonds. The third-order valence-electron chi connectivity index (χ3n) is 3.41. The molecule has 0 aliphatic rings. The van der Waals surface area contributed by atoms with E-state index in [4.69, 9.17) is 43.7 Å². The van der Waals surface area contributed by atoms with Crippen LogP contribution in [0, 0.1) is 0 Å². The molecule has 0 heterocycles. The molecule has 1 aromatic rings. The van der Waals surface area contributed by atoms with Gasteiger partial charge in [0.15, 0.2) is 18.4 Å². The molecule has 11 nitrogen and oxygen atoms in total. The number of ether oxygens (including phenoxy) is 4.